The van der Waals surface area contributed by atoms with E-state index < -0.39 is 6.04 Å². The van der Waals surface area contributed by atoms with E-state index in [0.29, 0.717) is 10.0 Å². The lowest BCUT2D eigenvalue weighted by molar-refractivity contribution is -0.117. The SMILES string of the molecule is C[C@H](NC(=O)c1cccs1)C(=O)Nc1nc(-c2ccc[nH]2)cs1. The van der Waals surface area contributed by atoms with Crippen LogP contribution in [0.5, 0.6) is 0 Å². The van der Waals surface area contributed by atoms with Crippen LogP contribution >= 0.6 is 22.7 Å². The van der Waals surface area contributed by atoms with Crippen LogP contribution in [0.4, 0.5) is 5.13 Å². The highest BCUT2D eigenvalue weighted by molar-refractivity contribution is 7.14. The van der Waals surface area contributed by atoms with E-state index in [2.05, 4.69) is 20.6 Å². The van der Waals surface area contributed by atoms with Gasteiger partial charge in [-0.05, 0) is 30.5 Å². The highest BCUT2D eigenvalue weighted by Crippen LogP contribution is 2.23. The summed E-state index contributed by atoms with van der Waals surface area (Å²) in [6, 6.07) is 6.65. The molecule has 0 bridgehead atoms. The highest BCUT2D eigenvalue weighted by Gasteiger charge is 2.18. The van der Waals surface area contributed by atoms with Gasteiger partial charge in [0.1, 0.15) is 6.04 Å². The van der Waals surface area contributed by atoms with E-state index >= 15 is 0 Å². The van der Waals surface area contributed by atoms with Crippen molar-refractivity contribution in [3.63, 3.8) is 0 Å². The number of H-pyrrole nitrogens is 1. The number of nitrogens with zero attached hydrogens (tertiary/aromatic N) is 1. The molecule has 8 heteroatoms. The molecule has 3 rings (SSSR count). The van der Waals surface area contributed by atoms with Gasteiger partial charge in [-0.3, -0.25) is 9.59 Å². The quantitative estimate of drug-likeness (QED) is 0.664. The predicted octanol–water partition coefficient (Wildman–Crippen LogP) is 2.96. The first kappa shape index (κ1) is 15.4. The van der Waals surface area contributed by atoms with E-state index in [9.17, 15) is 9.59 Å². The van der Waals surface area contributed by atoms with Crippen LogP contribution in [0.1, 0.15) is 16.6 Å². The summed E-state index contributed by atoms with van der Waals surface area (Å²) in [5.74, 6) is -0.559. The third-order valence-corrected chi connectivity index (χ3v) is 4.72. The van der Waals surface area contributed by atoms with Crippen LogP contribution in [0.2, 0.25) is 0 Å². The van der Waals surface area contributed by atoms with Crippen molar-refractivity contribution in [2.45, 2.75) is 13.0 Å². The third-order valence-electron chi connectivity index (χ3n) is 3.09. The lowest BCUT2D eigenvalue weighted by Gasteiger charge is -2.12. The van der Waals surface area contributed by atoms with E-state index in [1.165, 1.54) is 22.7 Å². The second-order valence-corrected chi connectivity index (χ2v) is 6.59. The Hall–Kier alpha value is -2.45. The molecule has 118 valence electrons. The van der Waals surface area contributed by atoms with Crippen molar-refractivity contribution in [1.29, 1.82) is 0 Å². The van der Waals surface area contributed by atoms with Gasteiger partial charge in [0, 0.05) is 11.6 Å². The van der Waals surface area contributed by atoms with Crippen molar-refractivity contribution in [2.75, 3.05) is 5.32 Å². The van der Waals surface area contributed by atoms with Crippen molar-refractivity contribution < 1.29 is 9.59 Å². The number of amides is 2. The van der Waals surface area contributed by atoms with Gasteiger partial charge in [0.15, 0.2) is 5.13 Å². The average molecular weight is 346 g/mol. The third kappa shape index (κ3) is 3.66. The lowest BCUT2D eigenvalue weighted by Crippen LogP contribution is -2.41. The van der Waals surface area contributed by atoms with E-state index in [1.807, 2.05) is 29.1 Å². The maximum Gasteiger partial charge on any atom is 0.261 e. The number of carbonyl (C=O) groups is 2. The molecule has 3 aromatic heterocycles. The lowest BCUT2D eigenvalue weighted by atomic mass is 10.3. The molecule has 0 aromatic carbocycles. The molecule has 0 spiro atoms. The van der Waals surface area contributed by atoms with Crippen LogP contribution in [-0.4, -0.2) is 27.8 Å². The molecule has 0 aliphatic heterocycles. The number of hydrogen-bond acceptors (Lipinski definition) is 5. The summed E-state index contributed by atoms with van der Waals surface area (Å²) in [6.07, 6.45) is 1.81. The Labute approximate surface area is 140 Å². The minimum absolute atomic E-state index is 0.256. The Morgan fingerprint density at radius 2 is 2.13 bits per heavy atom. The molecule has 3 heterocycles. The van der Waals surface area contributed by atoms with E-state index in [0.717, 1.165) is 11.4 Å². The minimum Gasteiger partial charge on any atom is -0.360 e. The van der Waals surface area contributed by atoms with Crippen LogP contribution < -0.4 is 10.6 Å². The molecule has 0 radical (unpaired) electrons. The summed E-state index contributed by atoms with van der Waals surface area (Å²) in [4.78, 5) is 32.1. The van der Waals surface area contributed by atoms with Gasteiger partial charge in [-0.25, -0.2) is 4.98 Å². The first-order chi connectivity index (χ1) is 11.1. The van der Waals surface area contributed by atoms with Gasteiger partial charge in [0.25, 0.3) is 5.91 Å². The van der Waals surface area contributed by atoms with Crippen LogP contribution in [0.25, 0.3) is 11.4 Å². The molecule has 6 nitrogen and oxygen atoms in total. The number of aromatic nitrogens is 2. The Morgan fingerprint density at radius 1 is 1.26 bits per heavy atom. The largest absolute Gasteiger partial charge is 0.360 e. The fourth-order valence-corrected chi connectivity index (χ4v) is 3.24. The van der Waals surface area contributed by atoms with E-state index in [1.54, 1.807) is 19.1 Å². The average Bonchev–Trinajstić information content (AvgIpc) is 3.28. The Kier molecular flexibility index (Phi) is 4.54. The number of carbonyl (C=O) groups excluding carboxylic acids is 2. The van der Waals surface area contributed by atoms with Crippen LogP contribution in [0, 0.1) is 0 Å². The Bertz CT molecular complexity index is 793. The molecule has 0 aliphatic rings. The van der Waals surface area contributed by atoms with Gasteiger partial charge in [-0.15, -0.1) is 22.7 Å². The number of aromatic amines is 1. The van der Waals surface area contributed by atoms with E-state index in [-0.39, 0.29) is 11.8 Å². The van der Waals surface area contributed by atoms with Gasteiger partial charge in [0.05, 0.1) is 16.3 Å². The molecule has 3 aromatic rings. The first-order valence-corrected chi connectivity index (χ1v) is 8.64. The molecule has 0 aliphatic carbocycles. The maximum absolute atomic E-state index is 12.1. The fourth-order valence-electron chi connectivity index (χ4n) is 1.90. The summed E-state index contributed by atoms with van der Waals surface area (Å²) in [7, 11) is 0. The monoisotopic (exact) mass is 346 g/mol. The zero-order chi connectivity index (χ0) is 16.2. The van der Waals surface area contributed by atoms with Gasteiger partial charge in [-0.1, -0.05) is 6.07 Å². The van der Waals surface area contributed by atoms with Crippen molar-refractivity contribution >= 4 is 39.6 Å². The van der Waals surface area contributed by atoms with Gasteiger partial charge in [0.2, 0.25) is 5.91 Å². The Morgan fingerprint density at radius 3 is 2.83 bits per heavy atom. The van der Waals surface area contributed by atoms with Crippen LogP contribution in [0.3, 0.4) is 0 Å². The summed E-state index contributed by atoms with van der Waals surface area (Å²) in [5.41, 5.74) is 1.66. The summed E-state index contributed by atoms with van der Waals surface area (Å²) < 4.78 is 0. The number of hydrogen-bond donors (Lipinski definition) is 3. The molecular formula is C15H14N4O2S2. The minimum atomic E-state index is -0.651. The van der Waals surface area contributed by atoms with Crippen molar-refractivity contribution in [3.05, 3.63) is 46.1 Å². The molecule has 3 N–H and O–H groups in total. The number of nitrogens with one attached hydrogen (secondary N) is 3. The van der Waals surface area contributed by atoms with Gasteiger partial charge in [-0.2, -0.15) is 0 Å². The second-order valence-electron chi connectivity index (χ2n) is 4.78. The van der Waals surface area contributed by atoms with Crippen LogP contribution in [-0.2, 0) is 4.79 Å². The molecule has 0 unspecified atom stereocenters. The van der Waals surface area contributed by atoms with E-state index in [4.69, 9.17) is 0 Å². The Balaban J connectivity index is 1.59. The normalized spacial score (nSPS) is 11.9. The first-order valence-electron chi connectivity index (χ1n) is 6.88. The zero-order valence-corrected chi connectivity index (χ0v) is 13.8. The molecule has 1 atom stereocenters. The summed E-state index contributed by atoms with van der Waals surface area (Å²) in [5, 5.41) is 9.56. The van der Waals surface area contributed by atoms with Crippen LogP contribution in [0.15, 0.2) is 41.2 Å². The molecule has 0 saturated heterocycles. The number of rotatable bonds is 5. The highest BCUT2D eigenvalue weighted by atomic mass is 32.1. The number of thiazole rings is 1. The topological polar surface area (TPSA) is 86.9 Å². The van der Waals surface area contributed by atoms with Gasteiger partial charge >= 0.3 is 0 Å². The van der Waals surface area contributed by atoms with Gasteiger partial charge < -0.3 is 15.6 Å². The number of anilines is 1. The summed E-state index contributed by atoms with van der Waals surface area (Å²) in [6.45, 7) is 1.64. The standard InChI is InChI=1S/C15H14N4O2S2/c1-9(17-14(21)12-5-3-7-22-12)13(20)19-15-18-11(8-23-15)10-4-2-6-16-10/h2-9,16H,1H3,(H,17,21)(H,18,19,20)/t9-/m0/s1. The maximum atomic E-state index is 12.1. The second kappa shape index (κ2) is 6.76. The number of thiophene rings is 1. The van der Waals surface area contributed by atoms with Crippen molar-refractivity contribution in [2.24, 2.45) is 0 Å². The smallest absolute Gasteiger partial charge is 0.261 e. The molecular weight excluding hydrogens is 332 g/mol. The molecule has 0 fully saturated rings. The molecule has 2 amide bonds. The molecule has 23 heavy (non-hydrogen) atoms. The summed E-state index contributed by atoms with van der Waals surface area (Å²) >= 11 is 2.67. The van der Waals surface area contributed by atoms with Crippen molar-refractivity contribution in [1.82, 2.24) is 15.3 Å². The predicted molar refractivity (Wildman–Crippen MR) is 91.8 cm³/mol. The zero-order valence-electron chi connectivity index (χ0n) is 12.2. The van der Waals surface area contributed by atoms with Crippen molar-refractivity contribution in [3.8, 4) is 11.4 Å². The fraction of sp³-hybridized carbons (Fsp3) is 0.133. The molecule has 0 saturated carbocycles.